The zero-order chi connectivity index (χ0) is 17.7. The average Bonchev–Trinajstić information content (AvgIpc) is 2.93. The lowest BCUT2D eigenvalue weighted by Crippen LogP contribution is -2.41. The van der Waals surface area contributed by atoms with Crippen LogP contribution in [-0.2, 0) is 11.3 Å². The van der Waals surface area contributed by atoms with Crippen LogP contribution in [0.5, 0.6) is 5.75 Å². The Kier molecular flexibility index (Phi) is 5.92. The normalized spacial score (nSPS) is 12.2. The first-order valence-corrected chi connectivity index (χ1v) is 7.71. The van der Waals surface area contributed by atoms with E-state index in [4.69, 9.17) is 9.26 Å². The van der Waals surface area contributed by atoms with E-state index in [1.165, 1.54) is 13.2 Å². The van der Waals surface area contributed by atoms with Crippen LogP contribution in [0.1, 0.15) is 24.7 Å². The van der Waals surface area contributed by atoms with Crippen LogP contribution in [0.3, 0.4) is 0 Å². The molecule has 1 N–H and O–H groups in total. The lowest BCUT2D eigenvalue weighted by molar-refractivity contribution is -0.121. The molecule has 0 unspecified atom stereocenters. The van der Waals surface area contributed by atoms with Gasteiger partial charge in [-0.2, -0.15) is 0 Å². The van der Waals surface area contributed by atoms with E-state index in [9.17, 15) is 9.18 Å². The Hall–Kier alpha value is -2.41. The van der Waals surface area contributed by atoms with Gasteiger partial charge in [-0.25, -0.2) is 4.39 Å². The molecule has 0 aliphatic heterocycles. The molecule has 0 spiro atoms. The van der Waals surface area contributed by atoms with Crippen molar-refractivity contribution < 1.29 is 18.4 Å². The third kappa shape index (κ3) is 4.32. The second-order valence-corrected chi connectivity index (χ2v) is 5.62. The lowest BCUT2D eigenvalue weighted by atomic mass is 10.1. The SMILES string of the molecule is CC[C@@H](C(=O)Nc1cc(C)on1)N(C)Cc1ccc(OC)c(F)c1. The van der Waals surface area contributed by atoms with Crippen molar-refractivity contribution in [2.24, 2.45) is 0 Å². The number of aryl methyl sites for hydroxylation is 1. The summed E-state index contributed by atoms with van der Waals surface area (Å²) in [7, 11) is 3.25. The summed E-state index contributed by atoms with van der Waals surface area (Å²) in [5.74, 6) is 0.620. The van der Waals surface area contributed by atoms with Crippen molar-refractivity contribution in [3.63, 3.8) is 0 Å². The van der Waals surface area contributed by atoms with Gasteiger partial charge < -0.3 is 14.6 Å². The highest BCUT2D eigenvalue weighted by atomic mass is 19.1. The fourth-order valence-corrected chi connectivity index (χ4v) is 2.54. The van der Waals surface area contributed by atoms with Crippen LogP contribution < -0.4 is 10.1 Å². The minimum Gasteiger partial charge on any atom is -0.494 e. The van der Waals surface area contributed by atoms with Crippen LogP contribution in [-0.4, -0.2) is 36.2 Å². The summed E-state index contributed by atoms with van der Waals surface area (Å²) in [5, 5.41) is 6.49. The molecule has 1 aromatic carbocycles. The predicted octanol–water partition coefficient (Wildman–Crippen LogP) is 2.98. The Balaban J connectivity index is 2.03. The van der Waals surface area contributed by atoms with Crippen molar-refractivity contribution in [2.75, 3.05) is 19.5 Å². The first kappa shape index (κ1) is 17.9. The second kappa shape index (κ2) is 7.92. The molecule has 1 heterocycles. The average molecular weight is 335 g/mol. The van der Waals surface area contributed by atoms with Crippen LogP contribution in [0, 0.1) is 12.7 Å². The Morgan fingerprint density at radius 2 is 2.21 bits per heavy atom. The topological polar surface area (TPSA) is 67.6 Å². The molecule has 130 valence electrons. The van der Waals surface area contributed by atoms with Crippen molar-refractivity contribution in [1.82, 2.24) is 10.1 Å². The minimum atomic E-state index is -0.418. The molecule has 2 rings (SSSR count). The molecule has 24 heavy (non-hydrogen) atoms. The first-order chi connectivity index (χ1) is 11.4. The quantitative estimate of drug-likeness (QED) is 0.842. The number of hydrogen-bond donors (Lipinski definition) is 1. The van der Waals surface area contributed by atoms with E-state index in [1.807, 2.05) is 18.9 Å². The molecular formula is C17H22FN3O3. The summed E-state index contributed by atoms with van der Waals surface area (Å²) in [6, 6.07) is 6.07. The van der Waals surface area contributed by atoms with Gasteiger partial charge in [0, 0.05) is 12.6 Å². The molecule has 0 saturated heterocycles. The van der Waals surface area contributed by atoms with E-state index in [2.05, 4.69) is 10.5 Å². The first-order valence-electron chi connectivity index (χ1n) is 7.71. The van der Waals surface area contributed by atoms with Crippen LogP contribution >= 0.6 is 0 Å². The van der Waals surface area contributed by atoms with Gasteiger partial charge in [-0.3, -0.25) is 9.69 Å². The van der Waals surface area contributed by atoms with Gasteiger partial charge in [0.15, 0.2) is 17.4 Å². The highest BCUT2D eigenvalue weighted by Gasteiger charge is 2.22. The number of benzene rings is 1. The van der Waals surface area contributed by atoms with Gasteiger partial charge in [-0.15, -0.1) is 0 Å². The third-order valence-electron chi connectivity index (χ3n) is 3.75. The predicted molar refractivity (Wildman–Crippen MR) is 88.4 cm³/mol. The number of hydrogen-bond acceptors (Lipinski definition) is 5. The number of rotatable bonds is 7. The molecule has 0 aliphatic rings. The molecule has 6 nitrogen and oxygen atoms in total. The van der Waals surface area contributed by atoms with Gasteiger partial charge in [0.2, 0.25) is 5.91 Å². The van der Waals surface area contributed by atoms with Crippen LogP contribution in [0.2, 0.25) is 0 Å². The molecule has 0 fully saturated rings. The number of nitrogens with one attached hydrogen (secondary N) is 1. The van der Waals surface area contributed by atoms with E-state index in [1.54, 1.807) is 25.1 Å². The number of likely N-dealkylation sites (N-methyl/N-ethyl adjacent to an activating group) is 1. The fraction of sp³-hybridized carbons (Fsp3) is 0.412. The number of carbonyl (C=O) groups excluding carboxylic acids is 1. The monoisotopic (exact) mass is 335 g/mol. The number of ether oxygens (including phenoxy) is 1. The number of aromatic nitrogens is 1. The van der Waals surface area contributed by atoms with Crippen molar-refractivity contribution >= 4 is 11.7 Å². The molecular weight excluding hydrogens is 313 g/mol. The fourth-order valence-electron chi connectivity index (χ4n) is 2.54. The summed E-state index contributed by atoms with van der Waals surface area (Å²) >= 11 is 0. The maximum absolute atomic E-state index is 13.8. The largest absolute Gasteiger partial charge is 0.494 e. The van der Waals surface area contributed by atoms with Gasteiger partial charge in [0.25, 0.3) is 0 Å². The highest BCUT2D eigenvalue weighted by molar-refractivity contribution is 5.93. The van der Waals surface area contributed by atoms with E-state index < -0.39 is 5.82 Å². The van der Waals surface area contributed by atoms with Crippen molar-refractivity contribution in [3.05, 3.63) is 41.4 Å². The van der Waals surface area contributed by atoms with E-state index in [-0.39, 0.29) is 17.7 Å². The van der Waals surface area contributed by atoms with Crippen LogP contribution in [0.4, 0.5) is 10.2 Å². The Morgan fingerprint density at radius 3 is 2.75 bits per heavy atom. The van der Waals surface area contributed by atoms with Crippen LogP contribution in [0.25, 0.3) is 0 Å². The molecule has 7 heteroatoms. The van der Waals surface area contributed by atoms with Gasteiger partial charge in [0.1, 0.15) is 5.76 Å². The van der Waals surface area contributed by atoms with Crippen molar-refractivity contribution in [1.29, 1.82) is 0 Å². The molecule has 1 atom stereocenters. The Morgan fingerprint density at radius 1 is 1.46 bits per heavy atom. The zero-order valence-corrected chi connectivity index (χ0v) is 14.3. The number of amides is 1. The Labute approximate surface area is 140 Å². The molecule has 1 amide bonds. The number of halogens is 1. The molecule has 1 aromatic heterocycles. The summed E-state index contributed by atoms with van der Waals surface area (Å²) in [5.41, 5.74) is 0.763. The number of methoxy groups -OCH3 is 1. The van der Waals surface area contributed by atoms with Gasteiger partial charge in [-0.05, 0) is 38.1 Å². The highest BCUT2D eigenvalue weighted by Crippen LogP contribution is 2.19. The van der Waals surface area contributed by atoms with E-state index in [0.29, 0.717) is 24.5 Å². The number of carbonyl (C=O) groups is 1. The molecule has 0 saturated carbocycles. The second-order valence-electron chi connectivity index (χ2n) is 5.62. The van der Waals surface area contributed by atoms with Gasteiger partial charge >= 0.3 is 0 Å². The maximum atomic E-state index is 13.8. The van der Waals surface area contributed by atoms with Crippen LogP contribution in [0.15, 0.2) is 28.8 Å². The lowest BCUT2D eigenvalue weighted by Gasteiger charge is -2.26. The summed E-state index contributed by atoms with van der Waals surface area (Å²) < 4.78 is 23.6. The third-order valence-corrected chi connectivity index (χ3v) is 3.75. The van der Waals surface area contributed by atoms with Crippen molar-refractivity contribution in [3.8, 4) is 5.75 Å². The summed E-state index contributed by atoms with van der Waals surface area (Å²) in [6.07, 6.45) is 0.609. The Bertz CT molecular complexity index is 702. The number of anilines is 1. The summed E-state index contributed by atoms with van der Waals surface area (Å²) in [4.78, 5) is 14.3. The van der Waals surface area contributed by atoms with E-state index >= 15 is 0 Å². The molecule has 0 radical (unpaired) electrons. The molecule has 0 bridgehead atoms. The van der Waals surface area contributed by atoms with E-state index in [0.717, 1.165) is 5.56 Å². The van der Waals surface area contributed by atoms with Gasteiger partial charge in [-0.1, -0.05) is 18.1 Å². The summed E-state index contributed by atoms with van der Waals surface area (Å²) in [6.45, 7) is 4.11. The molecule has 0 aliphatic carbocycles. The van der Waals surface area contributed by atoms with Gasteiger partial charge in [0.05, 0.1) is 13.2 Å². The zero-order valence-electron chi connectivity index (χ0n) is 14.3. The number of nitrogens with zero attached hydrogens (tertiary/aromatic N) is 2. The smallest absolute Gasteiger partial charge is 0.242 e. The molecule has 2 aromatic rings. The van der Waals surface area contributed by atoms with Crippen molar-refractivity contribution in [2.45, 2.75) is 32.9 Å². The minimum absolute atomic E-state index is 0.178. The maximum Gasteiger partial charge on any atom is 0.242 e. The standard InChI is InChI=1S/C17H22FN3O3/c1-5-14(17(22)19-16-8-11(2)24-20-16)21(3)10-12-6-7-15(23-4)13(18)9-12/h6-9,14H,5,10H2,1-4H3,(H,19,20,22)/t14-/m0/s1.